The van der Waals surface area contributed by atoms with Gasteiger partial charge in [-0.1, -0.05) is 34.5 Å². The molecule has 0 spiro atoms. The highest BCUT2D eigenvalue weighted by molar-refractivity contribution is 7.19. The molecule has 0 N–H and O–H groups in total. The Bertz CT molecular complexity index is 357. The Labute approximate surface area is 96.0 Å². The maximum atomic E-state index is 11.5. The van der Waals surface area contributed by atoms with Crippen LogP contribution >= 0.6 is 34.5 Å². The molecule has 0 atom stereocenters. The Kier molecular flexibility index (Phi) is 3.40. The van der Waals surface area contributed by atoms with Crippen LogP contribution in [0.15, 0.2) is 0 Å². The first kappa shape index (κ1) is 11.8. The lowest BCUT2D eigenvalue weighted by molar-refractivity contribution is 0.00640. The van der Waals surface area contributed by atoms with Crippen molar-refractivity contribution in [1.29, 1.82) is 0 Å². The fraction of sp³-hybridized carbons (Fsp3) is 0.500. The number of ether oxygens (including phenoxy) is 1. The third-order valence-electron chi connectivity index (χ3n) is 1.15. The summed E-state index contributed by atoms with van der Waals surface area (Å²) < 4.78 is 5.57. The summed E-state index contributed by atoms with van der Waals surface area (Å²) >= 11 is 12.4. The summed E-state index contributed by atoms with van der Waals surface area (Å²) in [4.78, 5) is 15.2. The van der Waals surface area contributed by atoms with Crippen LogP contribution in [0.4, 0.5) is 0 Å². The van der Waals surface area contributed by atoms with Crippen LogP contribution in [0.25, 0.3) is 0 Å². The predicted octanol–water partition coefficient (Wildman–Crippen LogP) is 3.41. The Hall–Kier alpha value is -0.320. The molecule has 0 fully saturated rings. The lowest BCUT2D eigenvalue weighted by Crippen LogP contribution is -2.24. The number of carbonyl (C=O) groups is 1. The predicted molar refractivity (Wildman–Crippen MR) is 57.3 cm³/mol. The van der Waals surface area contributed by atoms with Gasteiger partial charge in [0.25, 0.3) is 0 Å². The zero-order chi connectivity index (χ0) is 10.9. The highest BCUT2D eigenvalue weighted by Gasteiger charge is 2.23. The molecule has 0 aliphatic heterocycles. The molecule has 0 aliphatic rings. The average molecular weight is 254 g/mol. The van der Waals surface area contributed by atoms with Gasteiger partial charge < -0.3 is 4.74 Å². The van der Waals surface area contributed by atoms with Gasteiger partial charge >= 0.3 is 5.97 Å². The monoisotopic (exact) mass is 253 g/mol. The minimum absolute atomic E-state index is 0.0802. The first-order valence-electron chi connectivity index (χ1n) is 3.85. The number of carbonyl (C=O) groups excluding carboxylic acids is 1. The van der Waals surface area contributed by atoms with Gasteiger partial charge in [0.15, 0.2) is 10.2 Å². The van der Waals surface area contributed by atoms with E-state index in [1.807, 2.05) is 0 Å². The molecule has 6 heteroatoms. The Morgan fingerprint density at radius 3 is 2.36 bits per heavy atom. The highest BCUT2D eigenvalue weighted by atomic mass is 35.5. The van der Waals surface area contributed by atoms with Crippen molar-refractivity contribution in [2.75, 3.05) is 0 Å². The van der Waals surface area contributed by atoms with Crippen molar-refractivity contribution in [1.82, 2.24) is 4.98 Å². The van der Waals surface area contributed by atoms with E-state index in [4.69, 9.17) is 27.9 Å². The van der Waals surface area contributed by atoms with E-state index in [9.17, 15) is 4.79 Å². The summed E-state index contributed by atoms with van der Waals surface area (Å²) in [6, 6.07) is 0. The van der Waals surface area contributed by atoms with E-state index >= 15 is 0 Å². The number of nitrogens with zero attached hydrogens (tertiary/aromatic N) is 1. The van der Waals surface area contributed by atoms with Crippen LogP contribution in [0.3, 0.4) is 0 Å². The summed E-state index contributed by atoms with van der Waals surface area (Å²) in [7, 11) is 0. The normalized spacial score (nSPS) is 11.5. The number of aromatic nitrogens is 1. The molecule has 0 aromatic carbocycles. The van der Waals surface area contributed by atoms with E-state index in [1.165, 1.54) is 0 Å². The third-order valence-corrected chi connectivity index (χ3v) is 2.51. The first-order chi connectivity index (χ1) is 6.29. The summed E-state index contributed by atoms with van der Waals surface area (Å²) in [5.41, 5.74) is -0.479. The van der Waals surface area contributed by atoms with Crippen molar-refractivity contribution < 1.29 is 9.53 Å². The van der Waals surface area contributed by atoms with E-state index < -0.39 is 11.6 Å². The summed E-state index contributed by atoms with van der Waals surface area (Å²) in [6.45, 7) is 5.31. The summed E-state index contributed by atoms with van der Waals surface area (Å²) in [6.07, 6.45) is 0. The molecule has 3 nitrogen and oxygen atoms in total. The maximum absolute atomic E-state index is 11.5. The van der Waals surface area contributed by atoms with Crippen molar-refractivity contribution >= 4 is 40.5 Å². The number of hydrogen-bond donors (Lipinski definition) is 0. The molecule has 1 rings (SSSR count). The second kappa shape index (κ2) is 4.04. The molecular weight excluding hydrogens is 245 g/mol. The quantitative estimate of drug-likeness (QED) is 0.721. The lowest BCUT2D eigenvalue weighted by atomic mass is 10.2. The minimum atomic E-state index is -0.559. The van der Waals surface area contributed by atoms with Gasteiger partial charge in [-0.25, -0.2) is 9.78 Å². The van der Waals surface area contributed by atoms with Crippen molar-refractivity contribution in [3.63, 3.8) is 0 Å². The molecule has 1 aromatic rings. The first-order valence-corrected chi connectivity index (χ1v) is 5.42. The lowest BCUT2D eigenvalue weighted by Gasteiger charge is -2.18. The van der Waals surface area contributed by atoms with Crippen molar-refractivity contribution in [3.05, 3.63) is 14.5 Å². The van der Waals surface area contributed by atoms with Gasteiger partial charge in [0.05, 0.1) is 0 Å². The Balaban J connectivity index is 2.85. The van der Waals surface area contributed by atoms with Crippen LogP contribution in [0.5, 0.6) is 0 Å². The largest absolute Gasteiger partial charge is 0.455 e. The molecule has 0 saturated heterocycles. The van der Waals surface area contributed by atoms with E-state index in [1.54, 1.807) is 20.8 Å². The average Bonchev–Trinajstić information content (AvgIpc) is 2.26. The van der Waals surface area contributed by atoms with Gasteiger partial charge in [0.1, 0.15) is 9.94 Å². The topological polar surface area (TPSA) is 39.2 Å². The van der Waals surface area contributed by atoms with Crippen molar-refractivity contribution in [3.8, 4) is 0 Å². The second-order valence-corrected chi connectivity index (χ2v) is 5.77. The van der Waals surface area contributed by atoms with Gasteiger partial charge in [-0.3, -0.25) is 0 Å². The number of hydrogen-bond acceptors (Lipinski definition) is 4. The molecule has 0 unspecified atom stereocenters. The zero-order valence-corrected chi connectivity index (χ0v) is 10.3. The molecular formula is C8H9Cl2NO2S. The SMILES string of the molecule is CC(C)(C)OC(=O)c1nc(Cl)sc1Cl. The summed E-state index contributed by atoms with van der Waals surface area (Å²) in [5, 5.41) is 0. The van der Waals surface area contributed by atoms with E-state index in [0.717, 1.165) is 11.3 Å². The number of esters is 1. The Morgan fingerprint density at radius 2 is 2.00 bits per heavy atom. The molecule has 0 saturated carbocycles. The third kappa shape index (κ3) is 3.12. The molecule has 0 aliphatic carbocycles. The molecule has 0 bridgehead atoms. The molecule has 1 heterocycles. The van der Waals surface area contributed by atoms with Gasteiger partial charge in [-0.05, 0) is 20.8 Å². The Morgan fingerprint density at radius 1 is 1.43 bits per heavy atom. The molecule has 78 valence electrons. The molecule has 1 aromatic heterocycles. The van der Waals surface area contributed by atoms with Crippen LogP contribution in [-0.2, 0) is 4.74 Å². The van der Waals surface area contributed by atoms with E-state index in [-0.39, 0.29) is 14.5 Å². The molecule has 14 heavy (non-hydrogen) atoms. The minimum Gasteiger partial charge on any atom is -0.455 e. The maximum Gasteiger partial charge on any atom is 0.359 e. The van der Waals surface area contributed by atoms with Crippen molar-refractivity contribution in [2.24, 2.45) is 0 Å². The molecule has 0 amide bonds. The summed E-state index contributed by atoms with van der Waals surface area (Å²) in [5.74, 6) is -0.550. The van der Waals surface area contributed by atoms with Gasteiger partial charge in [0, 0.05) is 0 Å². The number of halogens is 2. The van der Waals surface area contributed by atoms with Crippen LogP contribution in [0, 0.1) is 0 Å². The highest BCUT2D eigenvalue weighted by Crippen LogP contribution is 2.28. The van der Waals surface area contributed by atoms with Crippen molar-refractivity contribution in [2.45, 2.75) is 26.4 Å². The fourth-order valence-corrected chi connectivity index (χ4v) is 2.01. The zero-order valence-electron chi connectivity index (χ0n) is 7.93. The van der Waals surface area contributed by atoms with Crippen LogP contribution in [-0.4, -0.2) is 16.6 Å². The number of thiazole rings is 1. The standard InChI is InChI=1S/C8H9Cl2NO2S/c1-8(2,3)13-6(12)4-5(9)14-7(10)11-4/h1-3H3. The van der Waals surface area contributed by atoms with E-state index in [0.29, 0.717) is 0 Å². The van der Waals surface area contributed by atoms with Gasteiger partial charge in [-0.15, -0.1) is 0 Å². The van der Waals surface area contributed by atoms with Gasteiger partial charge in [-0.2, -0.15) is 0 Å². The van der Waals surface area contributed by atoms with Crippen LogP contribution in [0.1, 0.15) is 31.3 Å². The molecule has 0 radical (unpaired) electrons. The second-order valence-electron chi connectivity index (χ2n) is 3.59. The van der Waals surface area contributed by atoms with Crippen LogP contribution < -0.4 is 0 Å². The number of rotatable bonds is 1. The smallest absolute Gasteiger partial charge is 0.359 e. The fourth-order valence-electron chi connectivity index (χ4n) is 0.729. The van der Waals surface area contributed by atoms with E-state index in [2.05, 4.69) is 4.98 Å². The van der Waals surface area contributed by atoms with Gasteiger partial charge in [0.2, 0.25) is 0 Å². The van der Waals surface area contributed by atoms with Crippen LogP contribution in [0.2, 0.25) is 8.80 Å².